The van der Waals surface area contributed by atoms with E-state index in [2.05, 4.69) is 52.0 Å². The standard InChI is InChI=1S/C28H42O4/c1-19-12-14-28-15-13-22(31-6)24(28)27(19,4)23(32-18-30-5)17-26(3,25(29)20(28)2)16-21-10-8-7-9-11-21/h7-11,19-20,22-24H,12-18H2,1-6H3/t19-,20+,22-,23-,24-,26-,27+,28+/m1/s1. The Kier molecular flexibility index (Phi) is 6.61. The number of carbonyl (C=O) groups excluding carboxylic acids is 1. The molecule has 3 aliphatic rings. The maximum atomic E-state index is 14.3. The molecule has 4 nitrogen and oxygen atoms in total. The smallest absolute Gasteiger partial charge is 0.146 e. The number of ether oxygens (including phenoxy) is 3. The molecule has 4 rings (SSSR count). The summed E-state index contributed by atoms with van der Waals surface area (Å²) in [4.78, 5) is 14.3. The Morgan fingerprint density at radius 1 is 1.03 bits per heavy atom. The lowest BCUT2D eigenvalue weighted by Gasteiger charge is -2.62. The topological polar surface area (TPSA) is 44.8 Å². The van der Waals surface area contributed by atoms with Gasteiger partial charge in [-0.1, -0.05) is 58.0 Å². The Morgan fingerprint density at radius 2 is 1.72 bits per heavy atom. The maximum absolute atomic E-state index is 14.3. The van der Waals surface area contributed by atoms with Gasteiger partial charge in [0.05, 0.1) is 12.2 Å². The highest BCUT2D eigenvalue weighted by molar-refractivity contribution is 5.88. The molecule has 0 heterocycles. The molecule has 1 aromatic rings. The molecule has 178 valence electrons. The van der Waals surface area contributed by atoms with Gasteiger partial charge in [-0.3, -0.25) is 4.79 Å². The summed E-state index contributed by atoms with van der Waals surface area (Å²) in [5.41, 5.74) is 0.674. The SMILES string of the molecule is COCO[C@@H]1C[C@@](C)(Cc2ccccc2)C(=O)[C@H](C)[C@@]23CC[C@@H](C)[C@]1(C)[C@H]2[C@H](OC)CC3. The van der Waals surface area contributed by atoms with E-state index in [1.165, 1.54) is 5.56 Å². The van der Waals surface area contributed by atoms with Gasteiger partial charge in [-0.25, -0.2) is 0 Å². The van der Waals surface area contributed by atoms with Crippen LogP contribution in [0, 0.1) is 34.0 Å². The van der Waals surface area contributed by atoms with Crippen molar-refractivity contribution in [1.29, 1.82) is 0 Å². The Bertz CT molecular complexity index is 809. The molecule has 0 radical (unpaired) electrons. The lowest BCUT2D eigenvalue weighted by atomic mass is 9.43. The lowest BCUT2D eigenvalue weighted by Crippen LogP contribution is -2.63. The number of rotatable bonds is 6. The van der Waals surface area contributed by atoms with Crippen molar-refractivity contribution in [2.75, 3.05) is 21.0 Å². The minimum Gasteiger partial charge on any atom is -0.381 e. The molecule has 0 saturated heterocycles. The summed E-state index contributed by atoms with van der Waals surface area (Å²) in [5.74, 6) is 1.26. The minimum absolute atomic E-state index is 0.00787. The van der Waals surface area contributed by atoms with Crippen molar-refractivity contribution in [1.82, 2.24) is 0 Å². The number of Topliss-reactive ketones (excluding diaryl/α,β-unsaturated/α-hetero) is 1. The van der Waals surface area contributed by atoms with Crippen molar-refractivity contribution in [2.45, 2.75) is 78.4 Å². The van der Waals surface area contributed by atoms with Crippen LogP contribution in [0.5, 0.6) is 0 Å². The van der Waals surface area contributed by atoms with Gasteiger partial charge in [0.15, 0.2) is 0 Å². The average Bonchev–Trinajstić information content (AvgIpc) is 3.19. The van der Waals surface area contributed by atoms with Crippen molar-refractivity contribution in [3.63, 3.8) is 0 Å². The van der Waals surface area contributed by atoms with E-state index in [4.69, 9.17) is 14.2 Å². The number of hydrogen-bond donors (Lipinski definition) is 0. The molecule has 0 amide bonds. The highest BCUT2D eigenvalue weighted by Gasteiger charge is 2.68. The van der Waals surface area contributed by atoms with Crippen LogP contribution in [0.15, 0.2) is 30.3 Å². The Hall–Kier alpha value is -1.23. The zero-order valence-electron chi connectivity index (χ0n) is 20.9. The third-order valence-corrected chi connectivity index (χ3v) is 9.97. The summed E-state index contributed by atoms with van der Waals surface area (Å²) in [6.45, 7) is 9.49. The number of benzene rings is 1. The van der Waals surface area contributed by atoms with Crippen LogP contribution < -0.4 is 0 Å². The fourth-order valence-corrected chi connectivity index (χ4v) is 8.09. The Balaban J connectivity index is 1.84. The molecule has 3 saturated carbocycles. The van der Waals surface area contributed by atoms with Crippen molar-refractivity contribution in [2.24, 2.45) is 34.0 Å². The summed E-state index contributed by atoms with van der Waals surface area (Å²) in [7, 11) is 3.53. The van der Waals surface area contributed by atoms with Crippen LogP contribution in [0.3, 0.4) is 0 Å². The predicted molar refractivity (Wildman–Crippen MR) is 126 cm³/mol. The molecule has 2 bridgehead atoms. The summed E-state index contributed by atoms with van der Waals surface area (Å²) in [5, 5.41) is 0. The Labute approximate surface area is 194 Å². The summed E-state index contributed by atoms with van der Waals surface area (Å²) in [6, 6.07) is 10.5. The molecule has 0 spiro atoms. The van der Waals surface area contributed by atoms with E-state index >= 15 is 0 Å². The monoisotopic (exact) mass is 442 g/mol. The molecule has 4 heteroatoms. The van der Waals surface area contributed by atoms with Crippen LogP contribution in [0.25, 0.3) is 0 Å². The summed E-state index contributed by atoms with van der Waals surface area (Å²) < 4.78 is 18.0. The van der Waals surface area contributed by atoms with Crippen LogP contribution in [-0.2, 0) is 25.4 Å². The third kappa shape index (κ3) is 3.58. The first kappa shape index (κ1) is 23.9. The fraction of sp³-hybridized carbons (Fsp3) is 0.750. The molecular weight excluding hydrogens is 400 g/mol. The summed E-state index contributed by atoms with van der Waals surface area (Å²) >= 11 is 0. The molecule has 8 atom stereocenters. The zero-order valence-corrected chi connectivity index (χ0v) is 20.9. The van der Waals surface area contributed by atoms with Gasteiger partial charge in [-0.15, -0.1) is 0 Å². The molecular formula is C28H42O4. The van der Waals surface area contributed by atoms with E-state index < -0.39 is 5.41 Å². The van der Waals surface area contributed by atoms with Gasteiger partial charge in [-0.2, -0.15) is 0 Å². The largest absolute Gasteiger partial charge is 0.381 e. The van der Waals surface area contributed by atoms with Gasteiger partial charge < -0.3 is 14.2 Å². The molecule has 0 aliphatic heterocycles. The van der Waals surface area contributed by atoms with Crippen LogP contribution >= 0.6 is 0 Å². The normalized spacial score (nSPS) is 44.1. The van der Waals surface area contributed by atoms with Gasteiger partial charge in [0.1, 0.15) is 12.6 Å². The second-order valence-corrected chi connectivity index (χ2v) is 11.4. The van der Waals surface area contributed by atoms with Crippen LogP contribution in [0.2, 0.25) is 0 Å². The van der Waals surface area contributed by atoms with E-state index in [0.29, 0.717) is 17.6 Å². The summed E-state index contributed by atoms with van der Waals surface area (Å²) in [6.07, 6.45) is 5.97. The van der Waals surface area contributed by atoms with E-state index in [1.54, 1.807) is 7.11 Å². The second kappa shape index (κ2) is 8.85. The van der Waals surface area contributed by atoms with Gasteiger partial charge in [-0.05, 0) is 61.3 Å². The van der Waals surface area contributed by atoms with E-state index in [-0.39, 0.29) is 35.7 Å². The second-order valence-electron chi connectivity index (χ2n) is 11.4. The zero-order chi connectivity index (χ0) is 23.1. The average molecular weight is 443 g/mol. The number of carbonyl (C=O) groups is 1. The first-order chi connectivity index (χ1) is 15.2. The van der Waals surface area contributed by atoms with Crippen molar-refractivity contribution in [3.8, 4) is 0 Å². The molecule has 32 heavy (non-hydrogen) atoms. The van der Waals surface area contributed by atoms with Gasteiger partial charge in [0.2, 0.25) is 0 Å². The number of ketones is 1. The molecule has 3 aliphatic carbocycles. The van der Waals surface area contributed by atoms with Gasteiger partial charge in [0.25, 0.3) is 0 Å². The first-order valence-corrected chi connectivity index (χ1v) is 12.4. The van der Waals surface area contributed by atoms with Gasteiger partial charge >= 0.3 is 0 Å². The number of methoxy groups -OCH3 is 2. The van der Waals surface area contributed by atoms with Crippen molar-refractivity contribution >= 4 is 5.78 Å². The molecule has 0 unspecified atom stereocenters. The highest BCUT2D eigenvalue weighted by atomic mass is 16.7. The van der Waals surface area contributed by atoms with Crippen molar-refractivity contribution < 1.29 is 19.0 Å². The minimum atomic E-state index is -0.472. The fourth-order valence-electron chi connectivity index (χ4n) is 8.09. The van der Waals surface area contributed by atoms with E-state index in [9.17, 15) is 4.79 Å². The maximum Gasteiger partial charge on any atom is 0.146 e. The van der Waals surface area contributed by atoms with Gasteiger partial charge in [0, 0.05) is 31.0 Å². The highest BCUT2D eigenvalue weighted by Crippen LogP contribution is 2.68. The molecule has 3 fully saturated rings. The van der Waals surface area contributed by atoms with E-state index in [1.807, 2.05) is 13.2 Å². The van der Waals surface area contributed by atoms with Crippen LogP contribution in [0.1, 0.15) is 65.4 Å². The number of hydrogen-bond acceptors (Lipinski definition) is 4. The van der Waals surface area contributed by atoms with Crippen LogP contribution in [0.4, 0.5) is 0 Å². The Morgan fingerprint density at radius 3 is 2.38 bits per heavy atom. The lowest BCUT2D eigenvalue weighted by molar-refractivity contribution is -0.219. The molecule has 0 aromatic heterocycles. The van der Waals surface area contributed by atoms with Crippen LogP contribution in [-0.4, -0.2) is 39.0 Å². The quantitative estimate of drug-likeness (QED) is 0.532. The first-order valence-electron chi connectivity index (χ1n) is 12.4. The van der Waals surface area contributed by atoms with E-state index in [0.717, 1.165) is 38.5 Å². The third-order valence-electron chi connectivity index (χ3n) is 9.97. The predicted octanol–water partition coefficient (Wildman–Crippen LogP) is 5.68. The van der Waals surface area contributed by atoms with Crippen molar-refractivity contribution in [3.05, 3.63) is 35.9 Å². The molecule has 0 N–H and O–H groups in total. The molecule has 1 aromatic carbocycles.